The summed E-state index contributed by atoms with van der Waals surface area (Å²) in [5, 5.41) is 0. The van der Waals surface area contributed by atoms with Gasteiger partial charge < -0.3 is 19.9 Å². The van der Waals surface area contributed by atoms with Crippen molar-refractivity contribution in [1.29, 1.82) is 0 Å². The summed E-state index contributed by atoms with van der Waals surface area (Å²) in [5.74, 6) is 0.953. The lowest BCUT2D eigenvalue weighted by Crippen LogP contribution is -2.16. The smallest absolute Gasteiger partial charge is 0.282 e. The molecule has 1 aromatic heterocycles. The first-order chi connectivity index (χ1) is 15.0. The van der Waals surface area contributed by atoms with Crippen molar-refractivity contribution in [3.05, 3.63) is 83.3 Å². The van der Waals surface area contributed by atoms with E-state index in [0.717, 1.165) is 22.4 Å². The van der Waals surface area contributed by atoms with Gasteiger partial charge in [0.2, 0.25) is 5.88 Å². The molecule has 160 valence electrons. The predicted octanol–water partition coefficient (Wildman–Crippen LogP) is 2.97. The molecule has 0 aliphatic rings. The average molecular weight is 420 g/mol. The highest BCUT2D eigenvalue weighted by Gasteiger charge is 2.16. The summed E-state index contributed by atoms with van der Waals surface area (Å²) < 4.78 is 15.3. The molecule has 0 aliphatic heterocycles. The number of ether oxygens (including phenoxy) is 3. The molecule has 0 fully saturated rings. The Kier molecular flexibility index (Phi) is 7.16. The molecule has 2 N–H and O–H groups in total. The number of ketones is 1. The molecular weight excluding hydrogens is 396 g/mol. The van der Waals surface area contributed by atoms with Crippen molar-refractivity contribution in [2.24, 2.45) is 10.7 Å². The summed E-state index contributed by atoms with van der Waals surface area (Å²) in [4.78, 5) is 25.3. The first kappa shape index (κ1) is 21.8. The maximum atomic E-state index is 12.6. The number of Topliss-reactive ketones (excluding diaryl/α,β-unsaturated/α-hetero) is 1. The number of rotatable bonds is 8. The van der Waals surface area contributed by atoms with Gasteiger partial charge in [-0.25, -0.2) is 15.0 Å². The SMILES string of the molecule is COC(N)=NC(c1ccc(OC)cc1)c1cccc(CC(=O)c2cnc(OC)cn2)c1. The Bertz CT molecular complexity index is 1050. The molecule has 31 heavy (non-hydrogen) atoms. The molecule has 2 aromatic carbocycles. The van der Waals surface area contributed by atoms with Crippen LogP contribution in [-0.4, -0.2) is 43.1 Å². The van der Waals surface area contributed by atoms with Crippen LogP contribution in [0.4, 0.5) is 0 Å². The van der Waals surface area contributed by atoms with E-state index in [0.29, 0.717) is 5.88 Å². The Balaban J connectivity index is 1.88. The summed E-state index contributed by atoms with van der Waals surface area (Å²) in [6.07, 6.45) is 3.01. The van der Waals surface area contributed by atoms with E-state index in [9.17, 15) is 4.79 Å². The van der Waals surface area contributed by atoms with Crippen LogP contribution >= 0.6 is 0 Å². The number of aliphatic imine (C=N–C) groups is 1. The lowest BCUT2D eigenvalue weighted by molar-refractivity contribution is 0.0987. The fraction of sp³-hybridized carbons (Fsp3) is 0.217. The van der Waals surface area contributed by atoms with Crippen LogP contribution in [-0.2, 0) is 11.2 Å². The van der Waals surface area contributed by atoms with Gasteiger partial charge in [-0.15, -0.1) is 0 Å². The molecule has 1 heterocycles. The fourth-order valence-corrected chi connectivity index (χ4v) is 3.02. The Labute approximate surface area is 180 Å². The van der Waals surface area contributed by atoms with Gasteiger partial charge in [-0.1, -0.05) is 36.4 Å². The molecular formula is C23H24N4O4. The van der Waals surface area contributed by atoms with Gasteiger partial charge in [0.15, 0.2) is 5.78 Å². The quantitative estimate of drug-likeness (QED) is 0.339. The molecule has 0 spiro atoms. The van der Waals surface area contributed by atoms with E-state index in [1.807, 2.05) is 48.5 Å². The summed E-state index contributed by atoms with van der Waals surface area (Å²) >= 11 is 0. The van der Waals surface area contributed by atoms with E-state index in [4.69, 9.17) is 19.9 Å². The van der Waals surface area contributed by atoms with Gasteiger partial charge in [-0.3, -0.25) is 4.79 Å². The van der Waals surface area contributed by atoms with Gasteiger partial charge in [-0.05, 0) is 28.8 Å². The third kappa shape index (κ3) is 5.57. The highest BCUT2D eigenvalue weighted by atomic mass is 16.5. The lowest BCUT2D eigenvalue weighted by Gasteiger charge is -2.16. The Hall–Kier alpha value is -3.94. The van der Waals surface area contributed by atoms with Crippen LogP contribution in [0.1, 0.15) is 33.2 Å². The molecule has 0 amide bonds. The second-order valence-electron chi connectivity index (χ2n) is 6.64. The van der Waals surface area contributed by atoms with Crippen molar-refractivity contribution >= 4 is 11.8 Å². The topological polar surface area (TPSA) is 109 Å². The van der Waals surface area contributed by atoms with Crippen molar-refractivity contribution in [2.45, 2.75) is 12.5 Å². The molecule has 3 aromatic rings. The molecule has 1 unspecified atom stereocenters. The molecule has 1 atom stereocenters. The van der Waals surface area contributed by atoms with E-state index < -0.39 is 6.04 Å². The van der Waals surface area contributed by atoms with Crippen LogP contribution in [0.5, 0.6) is 11.6 Å². The summed E-state index contributed by atoms with van der Waals surface area (Å²) in [5.41, 5.74) is 8.73. The number of hydrogen-bond acceptors (Lipinski definition) is 7. The van der Waals surface area contributed by atoms with Crippen LogP contribution in [0.15, 0.2) is 65.9 Å². The minimum Gasteiger partial charge on any atom is -0.497 e. The lowest BCUT2D eigenvalue weighted by atomic mass is 9.96. The van der Waals surface area contributed by atoms with Gasteiger partial charge in [-0.2, -0.15) is 0 Å². The number of nitrogens with zero attached hydrogens (tertiary/aromatic N) is 3. The maximum Gasteiger partial charge on any atom is 0.282 e. The molecule has 0 saturated carbocycles. The van der Waals surface area contributed by atoms with Gasteiger partial charge in [0.25, 0.3) is 6.02 Å². The number of aromatic nitrogens is 2. The number of carbonyl (C=O) groups is 1. The number of methoxy groups -OCH3 is 3. The van der Waals surface area contributed by atoms with Crippen LogP contribution in [0.2, 0.25) is 0 Å². The molecule has 0 bridgehead atoms. The molecule has 8 heteroatoms. The average Bonchev–Trinajstić information content (AvgIpc) is 2.82. The number of amidine groups is 1. The van der Waals surface area contributed by atoms with E-state index in [2.05, 4.69) is 15.0 Å². The normalized spacial score (nSPS) is 12.2. The highest BCUT2D eigenvalue weighted by Crippen LogP contribution is 2.28. The zero-order chi connectivity index (χ0) is 22.2. The zero-order valence-corrected chi connectivity index (χ0v) is 17.6. The third-order valence-electron chi connectivity index (χ3n) is 4.65. The van der Waals surface area contributed by atoms with E-state index in [1.54, 1.807) is 7.11 Å². The number of carbonyl (C=O) groups excluding carboxylic acids is 1. The van der Waals surface area contributed by atoms with Crippen LogP contribution in [0.3, 0.4) is 0 Å². The standard InChI is InChI=1S/C23H24N4O4/c1-29-18-9-7-16(8-10-18)22(27-23(24)31-3)17-6-4-5-15(11-17)12-20(28)19-13-26-21(30-2)14-25-19/h4-11,13-14,22H,12H2,1-3H3,(H2,24,27). The van der Waals surface area contributed by atoms with E-state index >= 15 is 0 Å². The van der Waals surface area contributed by atoms with Gasteiger partial charge in [0.05, 0.1) is 33.7 Å². The fourth-order valence-electron chi connectivity index (χ4n) is 3.02. The van der Waals surface area contributed by atoms with Crippen molar-refractivity contribution in [2.75, 3.05) is 21.3 Å². The van der Waals surface area contributed by atoms with E-state index in [1.165, 1.54) is 26.6 Å². The highest BCUT2D eigenvalue weighted by molar-refractivity contribution is 5.95. The maximum absolute atomic E-state index is 12.6. The molecule has 0 aliphatic carbocycles. The first-order valence-electron chi connectivity index (χ1n) is 9.53. The largest absolute Gasteiger partial charge is 0.497 e. The number of nitrogens with two attached hydrogens (primary N) is 1. The minimum atomic E-state index is -0.401. The molecule has 3 rings (SSSR count). The number of hydrogen-bond donors (Lipinski definition) is 1. The molecule has 0 radical (unpaired) electrons. The van der Waals surface area contributed by atoms with Gasteiger partial charge in [0.1, 0.15) is 17.5 Å². The first-order valence-corrected chi connectivity index (χ1v) is 9.53. The van der Waals surface area contributed by atoms with E-state index in [-0.39, 0.29) is 23.9 Å². The minimum absolute atomic E-state index is 0.0656. The summed E-state index contributed by atoms with van der Waals surface area (Å²) in [6.45, 7) is 0. The van der Waals surface area contributed by atoms with Crippen LogP contribution < -0.4 is 15.2 Å². The van der Waals surface area contributed by atoms with Crippen molar-refractivity contribution in [3.63, 3.8) is 0 Å². The molecule has 8 nitrogen and oxygen atoms in total. The number of benzene rings is 2. The van der Waals surface area contributed by atoms with Gasteiger partial charge in [0, 0.05) is 6.42 Å². The van der Waals surface area contributed by atoms with Gasteiger partial charge >= 0.3 is 0 Å². The second-order valence-corrected chi connectivity index (χ2v) is 6.64. The summed E-state index contributed by atoms with van der Waals surface area (Å²) in [7, 11) is 4.57. The third-order valence-corrected chi connectivity index (χ3v) is 4.65. The zero-order valence-electron chi connectivity index (χ0n) is 17.6. The predicted molar refractivity (Wildman–Crippen MR) is 117 cm³/mol. The van der Waals surface area contributed by atoms with Crippen LogP contribution in [0.25, 0.3) is 0 Å². The molecule has 0 saturated heterocycles. The van der Waals surface area contributed by atoms with Crippen molar-refractivity contribution in [3.8, 4) is 11.6 Å². The van der Waals surface area contributed by atoms with Crippen molar-refractivity contribution < 1.29 is 19.0 Å². The Morgan fingerprint density at radius 3 is 2.39 bits per heavy atom. The summed E-state index contributed by atoms with van der Waals surface area (Å²) in [6, 6.07) is 14.8. The monoisotopic (exact) mass is 420 g/mol. The van der Waals surface area contributed by atoms with Crippen LogP contribution in [0, 0.1) is 0 Å². The van der Waals surface area contributed by atoms with Crippen molar-refractivity contribution in [1.82, 2.24) is 9.97 Å². The Morgan fingerprint density at radius 2 is 1.77 bits per heavy atom. The second kappa shape index (κ2) is 10.2. The Morgan fingerprint density at radius 1 is 1.00 bits per heavy atom.